The number of hydrogen-bond donors (Lipinski definition) is 1. The van der Waals surface area contributed by atoms with Gasteiger partial charge in [-0.15, -0.1) is 0 Å². The summed E-state index contributed by atoms with van der Waals surface area (Å²) in [5.41, 5.74) is 1.73. The van der Waals surface area contributed by atoms with E-state index in [0.29, 0.717) is 56.5 Å². The Morgan fingerprint density at radius 3 is 2.66 bits per heavy atom. The van der Waals surface area contributed by atoms with Crippen molar-refractivity contribution in [1.82, 2.24) is 24.4 Å². The molecular weight excluding hydrogens is 524 g/mol. The highest BCUT2D eigenvalue weighted by atomic mass is 16.7. The second-order valence-electron chi connectivity index (χ2n) is 10.3. The van der Waals surface area contributed by atoms with E-state index in [1.54, 1.807) is 21.9 Å². The number of imidazole rings is 1. The Labute approximate surface area is 240 Å². The molecule has 1 saturated heterocycles. The number of anilines is 1. The van der Waals surface area contributed by atoms with Gasteiger partial charge in [0.05, 0.1) is 19.0 Å². The average Bonchev–Trinajstić information content (AvgIpc) is 3.33. The summed E-state index contributed by atoms with van der Waals surface area (Å²) in [7, 11) is 0. The van der Waals surface area contributed by atoms with Crippen molar-refractivity contribution in [1.29, 1.82) is 0 Å². The first-order valence-corrected chi connectivity index (χ1v) is 14.5. The van der Waals surface area contributed by atoms with E-state index in [1.165, 1.54) is 0 Å². The van der Waals surface area contributed by atoms with Gasteiger partial charge in [0.2, 0.25) is 12.3 Å². The molecule has 5 rings (SSSR count). The molecule has 1 aliphatic carbocycles. The molecule has 3 heterocycles. The third kappa shape index (κ3) is 7.28. The first kappa shape index (κ1) is 28.7. The molecule has 0 bridgehead atoms. The number of carbonyl (C=O) groups excluding carboxylic acids is 2. The third-order valence-corrected chi connectivity index (χ3v) is 7.43. The van der Waals surface area contributed by atoms with Gasteiger partial charge in [-0.05, 0) is 57.4 Å². The lowest BCUT2D eigenvalue weighted by Crippen LogP contribution is -2.35. The van der Waals surface area contributed by atoms with Gasteiger partial charge in [-0.25, -0.2) is 15.0 Å². The number of hydrogen-bond acceptors (Lipinski definition) is 8. The fourth-order valence-electron chi connectivity index (χ4n) is 4.96. The molecule has 11 heteroatoms. The van der Waals surface area contributed by atoms with Crippen molar-refractivity contribution >= 4 is 18.1 Å². The Morgan fingerprint density at radius 1 is 1.15 bits per heavy atom. The summed E-state index contributed by atoms with van der Waals surface area (Å²) in [6.07, 6.45) is 10.6. The monoisotopic (exact) mass is 562 g/mol. The minimum atomic E-state index is -0.238. The van der Waals surface area contributed by atoms with Crippen LogP contribution in [0.25, 0.3) is 11.5 Å². The molecule has 1 atom stereocenters. The van der Waals surface area contributed by atoms with E-state index < -0.39 is 0 Å². The van der Waals surface area contributed by atoms with Crippen LogP contribution >= 0.6 is 0 Å². The zero-order chi connectivity index (χ0) is 28.4. The molecule has 0 radical (unpaired) electrons. The SMILES string of the molecule is CCN(CCCOC1CCCCO1)C(=O)c1c(NC=O)nc(-c2cnc(OC3CCC3)cn2)n1Cc1ccccc1. The van der Waals surface area contributed by atoms with E-state index in [4.69, 9.17) is 14.2 Å². The van der Waals surface area contributed by atoms with Crippen LogP contribution in [0.3, 0.4) is 0 Å². The average molecular weight is 563 g/mol. The van der Waals surface area contributed by atoms with Crippen LogP contribution in [0.4, 0.5) is 5.82 Å². The van der Waals surface area contributed by atoms with Crippen LogP contribution in [0.1, 0.15) is 67.9 Å². The molecule has 3 aromatic rings. The Hall–Kier alpha value is -3.83. The maximum absolute atomic E-state index is 14.0. The fourth-order valence-corrected chi connectivity index (χ4v) is 4.96. The van der Waals surface area contributed by atoms with E-state index in [9.17, 15) is 9.59 Å². The quantitative estimate of drug-likeness (QED) is 0.228. The summed E-state index contributed by atoms with van der Waals surface area (Å²) in [5, 5.41) is 2.64. The van der Waals surface area contributed by atoms with Crippen molar-refractivity contribution in [2.45, 2.75) is 70.8 Å². The van der Waals surface area contributed by atoms with Gasteiger partial charge in [0.1, 0.15) is 11.8 Å². The van der Waals surface area contributed by atoms with Crippen molar-refractivity contribution in [3.8, 4) is 17.4 Å². The smallest absolute Gasteiger partial charge is 0.274 e. The summed E-state index contributed by atoms with van der Waals surface area (Å²) in [6, 6.07) is 9.79. The van der Waals surface area contributed by atoms with Gasteiger partial charge < -0.3 is 29.0 Å². The lowest BCUT2D eigenvalue weighted by atomic mass is 9.96. The number of nitrogens with zero attached hydrogens (tertiary/aromatic N) is 5. The van der Waals surface area contributed by atoms with Crippen molar-refractivity contribution in [2.24, 2.45) is 0 Å². The van der Waals surface area contributed by atoms with Gasteiger partial charge in [-0.2, -0.15) is 0 Å². The van der Waals surface area contributed by atoms with E-state index >= 15 is 0 Å². The predicted octanol–water partition coefficient (Wildman–Crippen LogP) is 4.28. The summed E-state index contributed by atoms with van der Waals surface area (Å²) in [6.45, 7) is 4.48. The summed E-state index contributed by atoms with van der Waals surface area (Å²) < 4.78 is 19.2. The number of rotatable bonds is 14. The van der Waals surface area contributed by atoms with E-state index in [1.807, 2.05) is 37.3 Å². The molecule has 2 fully saturated rings. The molecule has 2 aliphatic rings. The van der Waals surface area contributed by atoms with Crippen LogP contribution < -0.4 is 10.1 Å². The van der Waals surface area contributed by atoms with Gasteiger partial charge in [-0.1, -0.05) is 30.3 Å². The zero-order valence-corrected chi connectivity index (χ0v) is 23.5. The highest BCUT2D eigenvalue weighted by molar-refractivity contribution is 6.00. The highest BCUT2D eigenvalue weighted by Gasteiger charge is 2.28. The summed E-state index contributed by atoms with van der Waals surface area (Å²) in [4.78, 5) is 41.0. The number of carbonyl (C=O) groups is 2. The first-order chi connectivity index (χ1) is 20.2. The second kappa shape index (κ2) is 14.2. The first-order valence-electron chi connectivity index (χ1n) is 14.5. The number of aromatic nitrogens is 4. The molecule has 1 N–H and O–H groups in total. The fraction of sp³-hybridized carbons (Fsp3) is 0.500. The molecule has 218 valence electrons. The lowest BCUT2D eigenvalue weighted by molar-refractivity contribution is -0.162. The number of ether oxygens (including phenoxy) is 3. The molecule has 1 aliphatic heterocycles. The maximum Gasteiger partial charge on any atom is 0.274 e. The van der Waals surface area contributed by atoms with Crippen LogP contribution in [-0.4, -0.2) is 75.4 Å². The topological polar surface area (TPSA) is 121 Å². The molecule has 1 saturated carbocycles. The van der Waals surface area contributed by atoms with E-state index in [0.717, 1.165) is 50.7 Å². The van der Waals surface area contributed by atoms with E-state index in [-0.39, 0.29) is 29.8 Å². The molecular formula is C30H38N6O5. The Morgan fingerprint density at radius 2 is 2.00 bits per heavy atom. The minimum absolute atomic E-state index is 0.167. The second-order valence-corrected chi connectivity index (χ2v) is 10.3. The summed E-state index contributed by atoms with van der Waals surface area (Å²) in [5.74, 6) is 0.828. The molecule has 41 heavy (non-hydrogen) atoms. The van der Waals surface area contributed by atoms with Crippen LogP contribution in [0.5, 0.6) is 5.88 Å². The Balaban J connectivity index is 1.40. The maximum atomic E-state index is 14.0. The lowest BCUT2D eigenvalue weighted by Gasteiger charge is -2.25. The van der Waals surface area contributed by atoms with Crippen LogP contribution in [-0.2, 0) is 20.8 Å². The van der Waals surface area contributed by atoms with Crippen LogP contribution in [0, 0.1) is 0 Å². The predicted molar refractivity (Wildman–Crippen MR) is 152 cm³/mol. The normalized spacial score (nSPS) is 17.0. The molecule has 1 aromatic carbocycles. The number of benzene rings is 1. The molecule has 1 unspecified atom stereocenters. The van der Waals surface area contributed by atoms with Crippen LogP contribution in [0.2, 0.25) is 0 Å². The number of amides is 2. The molecule has 2 aromatic heterocycles. The van der Waals surface area contributed by atoms with E-state index in [2.05, 4.69) is 20.3 Å². The highest BCUT2D eigenvalue weighted by Crippen LogP contribution is 2.28. The van der Waals surface area contributed by atoms with Gasteiger partial charge in [0.25, 0.3) is 5.91 Å². The van der Waals surface area contributed by atoms with Crippen molar-refractivity contribution in [3.05, 3.63) is 54.0 Å². The molecule has 11 nitrogen and oxygen atoms in total. The molecule has 0 spiro atoms. The molecule has 2 amide bonds. The van der Waals surface area contributed by atoms with Crippen molar-refractivity contribution in [3.63, 3.8) is 0 Å². The van der Waals surface area contributed by atoms with Gasteiger partial charge >= 0.3 is 0 Å². The third-order valence-electron chi connectivity index (χ3n) is 7.43. The largest absolute Gasteiger partial charge is 0.473 e. The number of nitrogens with one attached hydrogen (secondary N) is 1. The Kier molecular flexibility index (Phi) is 9.92. The van der Waals surface area contributed by atoms with Gasteiger partial charge in [0, 0.05) is 26.2 Å². The minimum Gasteiger partial charge on any atom is -0.473 e. The van der Waals surface area contributed by atoms with Crippen molar-refractivity contribution in [2.75, 3.05) is 31.6 Å². The zero-order valence-electron chi connectivity index (χ0n) is 23.5. The van der Waals surface area contributed by atoms with Crippen LogP contribution in [0.15, 0.2) is 42.7 Å². The van der Waals surface area contributed by atoms with Crippen molar-refractivity contribution < 1.29 is 23.8 Å². The Bertz CT molecular complexity index is 1270. The van der Waals surface area contributed by atoms with Gasteiger partial charge in [-0.3, -0.25) is 9.59 Å². The van der Waals surface area contributed by atoms with Gasteiger partial charge in [0.15, 0.2) is 23.6 Å². The standard InChI is InChI=1S/C30H38N6O5/c1-2-35(15-9-17-40-26-14-6-7-16-39-26)30(38)27-28(33-21-37)34-29(36(27)20-22-10-4-3-5-11-22)24-18-32-25(19-31-24)41-23-12-8-13-23/h3-5,10-11,18-19,21,23,26H,2,6-9,12-17,20H2,1H3,(H,33,37). The summed E-state index contributed by atoms with van der Waals surface area (Å²) >= 11 is 0.